The summed E-state index contributed by atoms with van der Waals surface area (Å²) in [7, 11) is -7.34. The molecule has 40 heavy (non-hydrogen) atoms. The first-order valence-electron chi connectivity index (χ1n) is 13.2. The summed E-state index contributed by atoms with van der Waals surface area (Å²) in [5, 5.41) is 8.76. The van der Waals surface area contributed by atoms with Crippen molar-refractivity contribution < 1.29 is 16.8 Å². The van der Waals surface area contributed by atoms with Gasteiger partial charge in [-0.1, -0.05) is 55.0 Å². The molecule has 3 heterocycles. The minimum absolute atomic E-state index is 0.0235. The van der Waals surface area contributed by atoms with Gasteiger partial charge in [-0.25, -0.2) is 30.5 Å². The van der Waals surface area contributed by atoms with Crippen LogP contribution in [0.25, 0.3) is 16.8 Å². The molecule has 0 bridgehead atoms. The molecule has 1 aliphatic carbocycles. The number of rotatable bonds is 8. The van der Waals surface area contributed by atoms with Crippen molar-refractivity contribution in [2.24, 2.45) is 5.92 Å². The SMILES string of the molecule is Cc1ccc(S(=O)(=O)n2ccc3c2ncc2nnc([C@H]4C[C@@H](NS(=O)(=O)CCc5ccccc5)C[C@H]4C)n23)cc1. The number of aryl methyl sites for hydroxylation is 2. The van der Waals surface area contributed by atoms with Gasteiger partial charge in [-0.05, 0) is 55.9 Å². The van der Waals surface area contributed by atoms with Crippen molar-refractivity contribution in [2.75, 3.05) is 5.75 Å². The molecular weight excluding hydrogens is 548 g/mol. The quantitative estimate of drug-likeness (QED) is 0.298. The molecule has 10 nitrogen and oxygen atoms in total. The van der Waals surface area contributed by atoms with E-state index >= 15 is 0 Å². The Morgan fingerprint density at radius 2 is 1.70 bits per heavy atom. The molecular formula is C28H30N6O4S2. The molecule has 0 aliphatic heterocycles. The van der Waals surface area contributed by atoms with E-state index in [2.05, 4.69) is 26.8 Å². The maximum atomic E-state index is 13.4. The highest BCUT2D eigenvalue weighted by molar-refractivity contribution is 7.90. The monoisotopic (exact) mass is 578 g/mol. The lowest BCUT2D eigenvalue weighted by Gasteiger charge is -2.14. The van der Waals surface area contributed by atoms with Crippen LogP contribution in [0.2, 0.25) is 0 Å². The Kier molecular flexibility index (Phi) is 6.71. The Bertz CT molecular complexity index is 1900. The lowest BCUT2D eigenvalue weighted by molar-refractivity contribution is 0.505. The van der Waals surface area contributed by atoms with Crippen molar-refractivity contribution in [3.05, 3.63) is 90.0 Å². The van der Waals surface area contributed by atoms with Gasteiger partial charge >= 0.3 is 0 Å². The molecule has 0 radical (unpaired) electrons. The van der Waals surface area contributed by atoms with Crippen LogP contribution in [0, 0.1) is 12.8 Å². The third-order valence-corrected chi connectivity index (χ3v) is 10.8. The summed E-state index contributed by atoms with van der Waals surface area (Å²) in [5.74, 6) is 0.761. The normalized spacial score (nSPS) is 20.0. The number of hydrogen-bond acceptors (Lipinski definition) is 7. The third kappa shape index (κ3) is 4.91. The van der Waals surface area contributed by atoms with E-state index in [1.54, 1.807) is 30.3 Å². The van der Waals surface area contributed by atoms with E-state index in [-0.39, 0.29) is 34.2 Å². The van der Waals surface area contributed by atoms with Crippen LogP contribution in [0.15, 0.2) is 78.0 Å². The predicted octanol–water partition coefficient (Wildman–Crippen LogP) is 3.67. The van der Waals surface area contributed by atoms with Gasteiger partial charge in [-0.3, -0.25) is 4.40 Å². The Morgan fingerprint density at radius 3 is 2.45 bits per heavy atom. The van der Waals surface area contributed by atoms with Crippen molar-refractivity contribution in [1.82, 2.24) is 28.3 Å². The average molecular weight is 579 g/mol. The average Bonchev–Trinajstić information content (AvgIpc) is 3.64. The zero-order valence-electron chi connectivity index (χ0n) is 22.2. The highest BCUT2D eigenvalue weighted by atomic mass is 32.2. The Morgan fingerprint density at radius 1 is 0.950 bits per heavy atom. The van der Waals surface area contributed by atoms with E-state index in [4.69, 9.17) is 0 Å². The molecule has 0 saturated heterocycles. The van der Waals surface area contributed by atoms with Gasteiger partial charge in [0.1, 0.15) is 5.82 Å². The fourth-order valence-corrected chi connectivity index (χ4v) is 8.24. The summed E-state index contributed by atoms with van der Waals surface area (Å²) in [6.07, 6.45) is 4.70. The standard InChI is InChI=1S/C28H30N6O4S2/c1-19-8-10-23(11-9-19)40(37,38)33-14-12-25-28(33)29-18-26-30-31-27(34(25)26)24-17-22(16-20(24)2)32-39(35,36)15-13-21-6-4-3-5-7-21/h3-12,14,18,20,22,24,32H,13,15-17H2,1-2H3/t20-,22+,24+/m1/s1. The molecule has 1 N–H and O–H groups in total. The van der Waals surface area contributed by atoms with E-state index in [9.17, 15) is 16.8 Å². The minimum Gasteiger partial charge on any atom is -0.274 e. The maximum absolute atomic E-state index is 13.4. The Labute approximate surface area is 233 Å². The van der Waals surface area contributed by atoms with Crippen LogP contribution < -0.4 is 4.72 Å². The van der Waals surface area contributed by atoms with Crippen LogP contribution in [0.1, 0.15) is 42.6 Å². The third-order valence-electron chi connectivity index (χ3n) is 7.70. The van der Waals surface area contributed by atoms with Gasteiger partial charge in [0.05, 0.1) is 22.4 Å². The molecule has 3 aromatic heterocycles. The molecule has 5 aromatic rings. The molecule has 1 saturated carbocycles. The molecule has 1 aliphatic rings. The van der Waals surface area contributed by atoms with E-state index in [0.717, 1.165) is 11.1 Å². The summed E-state index contributed by atoms with van der Waals surface area (Å²) in [6.45, 7) is 3.98. The summed E-state index contributed by atoms with van der Waals surface area (Å²) in [5.41, 5.74) is 3.31. The van der Waals surface area contributed by atoms with E-state index in [1.807, 2.05) is 41.7 Å². The Balaban J connectivity index is 1.27. The smallest absolute Gasteiger partial charge is 0.269 e. The topological polar surface area (TPSA) is 128 Å². The number of benzene rings is 2. The van der Waals surface area contributed by atoms with Crippen LogP contribution in [0.5, 0.6) is 0 Å². The van der Waals surface area contributed by atoms with Gasteiger partial charge in [-0.2, -0.15) is 0 Å². The molecule has 2 aromatic carbocycles. The predicted molar refractivity (Wildman–Crippen MR) is 152 cm³/mol. The lowest BCUT2D eigenvalue weighted by Crippen LogP contribution is -2.35. The van der Waals surface area contributed by atoms with Crippen LogP contribution in [0.4, 0.5) is 0 Å². The van der Waals surface area contributed by atoms with Crippen LogP contribution in [-0.4, -0.2) is 52.2 Å². The van der Waals surface area contributed by atoms with Crippen molar-refractivity contribution in [2.45, 2.75) is 50.0 Å². The highest BCUT2D eigenvalue weighted by Crippen LogP contribution is 2.40. The molecule has 3 atom stereocenters. The number of sulfonamides is 1. The van der Waals surface area contributed by atoms with E-state index < -0.39 is 20.0 Å². The van der Waals surface area contributed by atoms with Gasteiger partial charge < -0.3 is 0 Å². The number of nitrogens with one attached hydrogen (secondary N) is 1. The summed E-state index contributed by atoms with van der Waals surface area (Å²) in [6, 6.07) is 17.7. The molecule has 1 fully saturated rings. The van der Waals surface area contributed by atoms with Gasteiger partial charge in [0.25, 0.3) is 10.0 Å². The van der Waals surface area contributed by atoms with Gasteiger partial charge in [-0.15, -0.1) is 10.2 Å². The lowest BCUT2D eigenvalue weighted by atomic mass is 9.97. The summed E-state index contributed by atoms with van der Waals surface area (Å²) >= 11 is 0. The highest BCUT2D eigenvalue weighted by Gasteiger charge is 2.37. The van der Waals surface area contributed by atoms with Crippen molar-refractivity contribution in [3.8, 4) is 0 Å². The van der Waals surface area contributed by atoms with Gasteiger partial charge in [0, 0.05) is 18.2 Å². The molecule has 208 valence electrons. The number of fused-ring (bicyclic) bond motifs is 3. The first kappa shape index (κ1) is 26.6. The number of aromatic nitrogens is 5. The first-order chi connectivity index (χ1) is 19.1. The zero-order chi connectivity index (χ0) is 28.1. The zero-order valence-corrected chi connectivity index (χ0v) is 23.8. The summed E-state index contributed by atoms with van der Waals surface area (Å²) < 4.78 is 58.5. The maximum Gasteiger partial charge on any atom is 0.269 e. The van der Waals surface area contributed by atoms with Crippen molar-refractivity contribution >= 4 is 36.9 Å². The largest absolute Gasteiger partial charge is 0.274 e. The molecule has 0 amide bonds. The second-order valence-corrected chi connectivity index (χ2v) is 14.3. The summed E-state index contributed by atoms with van der Waals surface area (Å²) in [4.78, 5) is 4.59. The Hall–Kier alpha value is -3.61. The van der Waals surface area contributed by atoms with Gasteiger partial charge in [0.15, 0.2) is 11.3 Å². The molecule has 6 rings (SSSR count). The number of nitrogens with zero attached hydrogens (tertiary/aromatic N) is 5. The fraction of sp³-hybridized carbons (Fsp3) is 0.321. The second-order valence-electron chi connectivity index (χ2n) is 10.6. The van der Waals surface area contributed by atoms with Crippen molar-refractivity contribution in [3.63, 3.8) is 0 Å². The first-order valence-corrected chi connectivity index (χ1v) is 16.3. The van der Waals surface area contributed by atoms with Crippen molar-refractivity contribution in [1.29, 1.82) is 0 Å². The molecule has 0 spiro atoms. The van der Waals surface area contributed by atoms with E-state index in [1.165, 1.54) is 16.4 Å². The van der Waals surface area contributed by atoms with Crippen LogP contribution in [0.3, 0.4) is 0 Å². The van der Waals surface area contributed by atoms with E-state index in [0.29, 0.717) is 36.3 Å². The molecule has 12 heteroatoms. The molecule has 0 unspecified atom stereocenters. The van der Waals surface area contributed by atoms with Gasteiger partial charge in [0.2, 0.25) is 10.0 Å². The fourth-order valence-electron chi connectivity index (χ4n) is 5.62. The number of hydrogen-bond donors (Lipinski definition) is 1. The van der Waals surface area contributed by atoms with Crippen LogP contribution in [-0.2, 0) is 26.5 Å². The second kappa shape index (κ2) is 10.1. The van der Waals surface area contributed by atoms with Crippen LogP contribution >= 0.6 is 0 Å². The minimum atomic E-state index is -3.86.